The Balaban J connectivity index is 1.96. The third-order valence-electron chi connectivity index (χ3n) is 3.01. The first-order valence-corrected chi connectivity index (χ1v) is 7.13. The first-order valence-electron chi connectivity index (χ1n) is 6.75. The highest BCUT2D eigenvalue weighted by atomic mass is 35.5. The van der Waals surface area contributed by atoms with Crippen LogP contribution in [0.1, 0.15) is 23.1 Å². The molecule has 0 fully saturated rings. The fourth-order valence-corrected chi connectivity index (χ4v) is 2.10. The number of carbonyl (C=O) groups excluding carboxylic acids is 1. The van der Waals surface area contributed by atoms with E-state index in [1.165, 1.54) is 6.20 Å². The van der Waals surface area contributed by atoms with Crippen LogP contribution in [0.4, 0.5) is 5.82 Å². The van der Waals surface area contributed by atoms with E-state index < -0.39 is 0 Å². The van der Waals surface area contributed by atoms with Gasteiger partial charge in [-0.25, -0.2) is 9.97 Å². The topological polar surface area (TPSA) is 71.8 Å². The quantitative estimate of drug-likeness (QED) is 0.854. The van der Waals surface area contributed by atoms with Gasteiger partial charge in [-0.05, 0) is 13.0 Å². The molecule has 0 saturated heterocycles. The summed E-state index contributed by atoms with van der Waals surface area (Å²) in [5.41, 5.74) is 0.419. The van der Waals surface area contributed by atoms with Crippen LogP contribution < -0.4 is 10.6 Å². The number of anilines is 1. The lowest BCUT2D eigenvalue weighted by Crippen LogP contribution is -2.26. The number of rotatable bonds is 6. The predicted octanol–water partition coefficient (Wildman–Crippen LogP) is 1.87. The van der Waals surface area contributed by atoms with E-state index in [1.807, 2.05) is 24.7 Å². The van der Waals surface area contributed by atoms with Crippen molar-refractivity contribution in [3.63, 3.8) is 0 Å². The van der Waals surface area contributed by atoms with Crippen molar-refractivity contribution in [2.45, 2.75) is 13.3 Å². The Bertz CT molecular complexity index is 626. The molecule has 2 heterocycles. The molecule has 2 N–H and O–H groups in total. The highest BCUT2D eigenvalue weighted by Crippen LogP contribution is 2.17. The number of amides is 1. The average molecular weight is 308 g/mol. The summed E-state index contributed by atoms with van der Waals surface area (Å²) in [5, 5.41) is 6.23. The van der Waals surface area contributed by atoms with Crippen molar-refractivity contribution in [3.8, 4) is 0 Å². The minimum atomic E-state index is -0.212. The fourth-order valence-electron chi connectivity index (χ4n) is 1.91. The lowest BCUT2D eigenvalue weighted by Gasteiger charge is -2.09. The van der Waals surface area contributed by atoms with Crippen molar-refractivity contribution in [3.05, 3.63) is 41.1 Å². The van der Waals surface area contributed by atoms with Crippen LogP contribution in [-0.2, 0) is 13.5 Å². The van der Waals surface area contributed by atoms with Gasteiger partial charge in [0, 0.05) is 45.1 Å². The molecule has 0 aliphatic rings. The van der Waals surface area contributed by atoms with Crippen LogP contribution in [0, 0.1) is 0 Å². The Morgan fingerprint density at radius 3 is 2.90 bits per heavy atom. The zero-order chi connectivity index (χ0) is 15.2. The Morgan fingerprint density at radius 1 is 1.43 bits per heavy atom. The number of nitrogens with zero attached hydrogens (tertiary/aromatic N) is 3. The van der Waals surface area contributed by atoms with E-state index in [-0.39, 0.29) is 5.91 Å². The number of aromatic nitrogens is 3. The minimum Gasteiger partial charge on any atom is -0.370 e. The normalized spacial score (nSPS) is 10.4. The van der Waals surface area contributed by atoms with Crippen molar-refractivity contribution >= 4 is 23.3 Å². The first-order chi connectivity index (χ1) is 10.1. The monoisotopic (exact) mass is 307 g/mol. The molecule has 21 heavy (non-hydrogen) atoms. The summed E-state index contributed by atoms with van der Waals surface area (Å²) >= 11 is 6.03. The molecule has 0 unspecified atom stereocenters. The minimum absolute atomic E-state index is 0.212. The molecule has 0 aliphatic heterocycles. The number of imidazole rings is 1. The standard InChI is InChI=1S/C14H18ClN5O/c1-3-16-12-8-10(11(15)9-19-12)14(21)18-5-4-13-17-6-7-20(13)2/h6-9H,3-5H2,1-2H3,(H,16,19)(H,18,21). The van der Waals surface area contributed by atoms with E-state index in [0.717, 1.165) is 12.4 Å². The number of hydrogen-bond donors (Lipinski definition) is 2. The van der Waals surface area contributed by atoms with Crippen molar-refractivity contribution in [1.29, 1.82) is 0 Å². The Morgan fingerprint density at radius 2 is 2.24 bits per heavy atom. The highest BCUT2D eigenvalue weighted by Gasteiger charge is 2.12. The van der Waals surface area contributed by atoms with Gasteiger partial charge >= 0.3 is 0 Å². The molecule has 0 spiro atoms. The number of pyridine rings is 1. The van der Waals surface area contributed by atoms with Crippen molar-refractivity contribution in [2.75, 3.05) is 18.4 Å². The van der Waals surface area contributed by atoms with E-state index in [2.05, 4.69) is 20.6 Å². The van der Waals surface area contributed by atoms with Crippen LogP contribution in [0.2, 0.25) is 5.02 Å². The van der Waals surface area contributed by atoms with Gasteiger partial charge < -0.3 is 15.2 Å². The molecule has 0 atom stereocenters. The third-order valence-corrected chi connectivity index (χ3v) is 3.31. The molecule has 2 aromatic heterocycles. The summed E-state index contributed by atoms with van der Waals surface area (Å²) in [6.45, 7) is 3.19. The van der Waals surface area contributed by atoms with Gasteiger partial charge in [-0.1, -0.05) is 11.6 Å². The lowest BCUT2D eigenvalue weighted by atomic mass is 10.2. The van der Waals surface area contributed by atoms with Gasteiger partial charge in [-0.2, -0.15) is 0 Å². The largest absolute Gasteiger partial charge is 0.370 e. The molecule has 2 aromatic rings. The van der Waals surface area contributed by atoms with Gasteiger partial charge in [0.05, 0.1) is 10.6 Å². The van der Waals surface area contributed by atoms with Gasteiger partial charge in [0.15, 0.2) is 0 Å². The lowest BCUT2D eigenvalue weighted by molar-refractivity contribution is 0.0954. The third kappa shape index (κ3) is 3.95. The van der Waals surface area contributed by atoms with Gasteiger partial charge in [0.25, 0.3) is 5.91 Å². The molecule has 7 heteroatoms. The molecular formula is C14H18ClN5O. The summed E-state index contributed by atoms with van der Waals surface area (Å²) in [4.78, 5) is 20.5. The summed E-state index contributed by atoms with van der Waals surface area (Å²) in [6.07, 6.45) is 5.75. The van der Waals surface area contributed by atoms with Gasteiger partial charge in [0.1, 0.15) is 11.6 Å². The van der Waals surface area contributed by atoms with Crippen molar-refractivity contribution in [1.82, 2.24) is 19.9 Å². The maximum atomic E-state index is 12.2. The second kappa shape index (κ2) is 7.08. The molecule has 0 aromatic carbocycles. The molecule has 0 aliphatic carbocycles. The van der Waals surface area contributed by atoms with E-state index >= 15 is 0 Å². The van der Waals surface area contributed by atoms with Crippen LogP contribution in [0.15, 0.2) is 24.7 Å². The van der Waals surface area contributed by atoms with Crippen LogP contribution in [0.5, 0.6) is 0 Å². The molecule has 112 valence electrons. The van der Waals surface area contributed by atoms with Gasteiger partial charge in [0.2, 0.25) is 0 Å². The van der Waals surface area contributed by atoms with E-state index in [1.54, 1.807) is 12.3 Å². The molecule has 2 rings (SSSR count). The zero-order valence-electron chi connectivity index (χ0n) is 12.1. The summed E-state index contributed by atoms with van der Waals surface area (Å²) in [7, 11) is 1.92. The predicted molar refractivity (Wildman–Crippen MR) is 82.7 cm³/mol. The van der Waals surface area contributed by atoms with E-state index in [0.29, 0.717) is 29.4 Å². The smallest absolute Gasteiger partial charge is 0.253 e. The number of nitrogens with one attached hydrogen (secondary N) is 2. The van der Waals surface area contributed by atoms with E-state index in [4.69, 9.17) is 11.6 Å². The first kappa shape index (κ1) is 15.3. The Labute approximate surface area is 128 Å². The summed E-state index contributed by atoms with van der Waals surface area (Å²) in [6, 6.07) is 1.65. The maximum absolute atomic E-state index is 12.2. The van der Waals surface area contributed by atoms with Crippen LogP contribution in [-0.4, -0.2) is 33.5 Å². The second-order valence-electron chi connectivity index (χ2n) is 4.54. The van der Waals surface area contributed by atoms with Crippen molar-refractivity contribution < 1.29 is 4.79 Å². The van der Waals surface area contributed by atoms with Gasteiger partial charge in [-0.15, -0.1) is 0 Å². The maximum Gasteiger partial charge on any atom is 0.253 e. The van der Waals surface area contributed by atoms with Gasteiger partial charge in [-0.3, -0.25) is 4.79 Å². The van der Waals surface area contributed by atoms with Crippen molar-refractivity contribution in [2.24, 2.45) is 7.05 Å². The molecular weight excluding hydrogens is 290 g/mol. The number of aryl methyl sites for hydroxylation is 1. The van der Waals surface area contributed by atoms with Crippen LogP contribution in [0.25, 0.3) is 0 Å². The fraction of sp³-hybridized carbons (Fsp3) is 0.357. The summed E-state index contributed by atoms with van der Waals surface area (Å²) < 4.78 is 1.93. The number of carbonyl (C=O) groups is 1. The molecule has 0 radical (unpaired) electrons. The molecule has 6 nitrogen and oxygen atoms in total. The zero-order valence-corrected chi connectivity index (χ0v) is 12.8. The second-order valence-corrected chi connectivity index (χ2v) is 4.95. The highest BCUT2D eigenvalue weighted by molar-refractivity contribution is 6.33. The Kier molecular flexibility index (Phi) is 5.16. The van der Waals surface area contributed by atoms with E-state index in [9.17, 15) is 4.79 Å². The SMILES string of the molecule is CCNc1cc(C(=O)NCCc2nccn2C)c(Cl)cn1. The Hall–Kier alpha value is -2.08. The molecule has 0 bridgehead atoms. The average Bonchev–Trinajstić information content (AvgIpc) is 2.87. The summed E-state index contributed by atoms with van der Waals surface area (Å²) in [5.74, 6) is 1.34. The number of halogens is 1. The molecule has 0 saturated carbocycles. The molecule has 1 amide bonds. The number of hydrogen-bond acceptors (Lipinski definition) is 4. The van der Waals surface area contributed by atoms with Crippen LogP contribution in [0.3, 0.4) is 0 Å². The van der Waals surface area contributed by atoms with Crippen LogP contribution >= 0.6 is 11.6 Å².